The van der Waals surface area contributed by atoms with Crippen LogP contribution in [-0.2, 0) is 5.60 Å². The molecular formula is C15H18O. The molecule has 3 atom stereocenters. The molecular weight excluding hydrogens is 196 g/mol. The second kappa shape index (κ2) is 3.21. The molecule has 0 spiro atoms. The number of benzene rings is 1. The zero-order valence-corrected chi connectivity index (χ0v) is 9.69. The predicted octanol–water partition coefficient (Wildman–Crippen LogP) is 3.25. The van der Waals surface area contributed by atoms with Crippen molar-refractivity contribution < 1.29 is 5.11 Å². The Bertz CT molecular complexity index is 422. The van der Waals surface area contributed by atoms with Crippen LogP contribution in [0.25, 0.3) is 0 Å². The third kappa shape index (κ3) is 1.21. The number of fused-ring (bicyclic) bond motifs is 2. The average Bonchev–Trinajstić information content (AvgIpc) is 2.65. The molecule has 84 valence electrons. The lowest BCUT2D eigenvalue weighted by Gasteiger charge is -2.46. The maximum Gasteiger partial charge on any atom is 0.0984 e. The minimum atomic E-state index is -0.669. The van der Waals surface area contributed by atoms with Crippen molar-refractivity contribution in [2.75, 3.05) is 0 Å². The number of aliphatic hydroxyl groups is 1. The Kier molecular flexibility index (Phi) is 2.02. The fourth-order valence-corrected chi connectivity index (χ4v) is 3.40. The molecule has 0 aromatic heterocycles. The summed E-state index contributed by atoms with van der Waals surface area (Å²) in [5.41, 5.74) is 0.331. The first-order valence-corrected chi connectivity index (χ1v) is 6.11. The lowest BCUT2D eigenvalue weighted by Crippen LogP contribution is -2.44. The summed E-state index contributed by atoms with van der Waals surface area (Å²) in [6.07, 6.45) is 7.61. The lowest BCUT2D eigenvalue weighted by atomic mass is 9.62. The van der Waals surface area contributed by atoms with Crippen LogP contribution in [0.15, 0.2) is 42.5 Å². The number of allylic oxidation sites excluding steroid dienone is 1. The first-order chi connectivity index (χ1) is 7.64. The van der Waals surface area contributed by atoms with Gasteiger partial charge in [-0.1, -0.05) is 49.4 Å². The molecule has 2 aliphatic rings. The zero-order valence-electron chi connectivity index (χ0n) is 9.69. The van der Waals surface area contributed by atoms with Gasteiger partial charge in [0.25, 0.3) is 0 Å². The summed E-state index contributed by atoms with van der Waals surface area (Å²) in [7, 11) is 0. The van der Waals surface area contributed by atoms with Gasteiger partial charge in [-0.05, 0) is 30.7 Å². The van der Waals surface area contributed by atoms with Gasteiger partial charge in [-0.3, -0.25) is 0 Å². The van der Waals surface area contributed by atoms with E-state index in [0.29, 0.717) is 5.92 Å². The van der Waals surface area contributed by atoms with E-state index in [1.807, 2.05) is 18.2 Å². The van der Waals surface area contributed by atoms with Gasteiger partial charge < -0.3 is 5.11 Å². The molecule has 0 amide bonds. The van der Waals surface area contributed by atoms with Crippen molar-refractivity contribution in [1.29, 1.82) is 0 Å². The van der Waals surface area contributed by atoms with E-state index in [4.69, 9.17) is 0 Å². The van der Waals surface area contributed by atoms with Crippen molar-refractivity contribution in [3.8, 4) is 0 Å². The second-order valence-corrected chi connectivity index (χ2v) is 5.51. The topological polar surface area (TPSA) is 20.2 Å². The van der Waals surface area contributed by atoms with Gasteiger partial charge in [0.2, 0.25) is 0 Å². The fourth-order valence-electron chi connectivity index (χ4n) is 3.40. The summed E-state index contributed by atoms with van der Waals surface area (Å²) < 4.78 is 0. The Morgan fingerprint density at radius 2 is 2.00 bits per heavy atom. The van der Waals surface area contributed by atoms with Crippen LogP contribution in [0.1, 0.15) is 31.7 Å². The van der Waals surface area contributed by atoms with Crippen LogP contribution in [0.3, 0.4) is 0 Å². The van der Waals surface area contributed by atoms with Gasteiger partial charge >= 0.3 is 0 Å². The van der Waals surface area contributed by atoms with Crippen molar-refractivity contribution in [2.24, 2.45) is 11.3 Å². The average molecular weight is 214 g/mol. The molecule has 1 aromatic rings. The smallest absolute Gasteiger partial charge is 0.0984 e. The molecule has 0 aliphatic heterocycles. The molecule has 0 unspecified atom stereocenters. The lowest BCUT2D eigenvalue weighted by molar-refractivity contribution is -0.0887. The van der Waals surface area contributed by atoms with Gasteiger partial charge in [0.1, 0.15) is 0 Å². The Hall–Kier alpha value is -1.08. The molecule has 1 saturated carbocycles. The Labute approximate surface area is 96.8 Å². The number of hydrogen-bond donors (Lipinski definition) is 1. The van der Waals surface area contributed by atoms with Crippen molar-refractivity contribution in [3.63, 3.8) is 0 Å². The third-order valence-corrected chi connectivity index (χ3v) is 4.50. The van der Waals surface area contributed by atoms with Gasteiger partial charge in [0.15, 0.2) is 0 Å². The highest BCUT2D eigenvalue weighted by Crippen LogP contribution is 2.56. The maximum atomic E-state index is 11.0. The van der Waals surface area contributed by atoms with Crippen LogP contribution in [-0.4, -0.2) is 5.11 Å². The molecule has 1 aromatic carbocycles. The fraction of sp³-hybridized carbons (Fsp3) is 0.467. The maximum absolute atomic E-state index is 11.0. The van der Waals surface area contributed by atoms with Gasteiger partial charge in [-0.2, -0.15) is 0 Å². The SMILES string of the molecule is C[C@@]12C=C[C@@H](CC[C@]1(O)c1ccccc1)C2. The molecule has 0 radical (unpaired) electrons. The Balaban J connectivity index is 2.08. The monoisotopic (exact) mass is 214 g/mol. The first kappa shape index (κ1) is 10.1. The van der Waals surface area contributed by atoms with Gasteiger partial charge in [-0.15, -0.1) is 0 Å². The summed E-state index contributed by atoms with van der Waals surface area (Å²) in [6.45, 7) is 2.19. The minimum absolute atomic E-state index is 0.0722. The first-order valence-electron chi connectivity index (χ1n) is 6.11. The van der Waals surface area contributed by atoms with Crippen molar-refractivity contribution >= 4 is 0 Å². The van der Waals surface area contributed by atoms with E-state index in [9.17, 15) is 5.11 Å². The zero-order chi connectivity index (χ0) is 11.2. The summed E-state index contributed by atoms with van der Waals surface area (Å²) in [5, 5.41) is 11.0. The van der Waals surface area contributed by atoms with E-state index in [1.54, 1.807) is 0 Å². The van der Waals surface area contributed by atoms with Crippen molar-refractivity contribution in [1.82, 2.24) is 0 Å². The predicted molar refractivity (Wildman–Crippen MR) is 64.9 cm³/mol. The minimum Gasteiger partial charge on any atom is -0.384 e. The molecule has 3 rings (SSSR count). The standard InChI is InChI=1S/C15H18O/c1-14-9-7-12(11-14)8-10-15(14,16)13-5-3-2-4-6-13/h2-7,9,12,16H,8,10-11H2,1H3/t12-,14-,15-/m0/s1. The van der Waals surface area contributed by atoms with Crippen LogP contribution in [0, 0.1) is 11.3 Å². The van der Waals surface area contributed by atoms with Crippen molar-refractivity contribution in [2.45, 2.75) is 31.8 Å². The normalized spacial score (nSPS) is 41.2. The molecule has 2 bridgehead atoms. The Morgan fingerprint density at radius 3 is 2.75 bits per heavy atom. The number of hydrogen-bond acceptors (Lipinski definition) is 1. The van der Waals surface area contributed by atoms with Crippen LogP contribution in [0.5, 0.6) is 0 Å². The molecule has 0 saturated heterocycles. The second-order valence-electron chi connectivity index (χ2n) is 5.51. The largest absolute Gasteiger partial charge is 0.384 e. The highest BCUT2D eigenvalue weighted by atomic mass is 16.3. The highest BCUT2D eigenvalue weighted by molar-refractivity contribution is 5.31. The van der Waals surface area contributed by atoms with Crippen LogP contribution in [0.4, 0.5) is 0 Å². The van der Waals surface area contributed by atoms with E-state index in [0.717, 1.165) is 24.8 Å². The molecule has 16 heavy (non-hydrogen) atoms. The third-order valence-electron chi connectivity index (χ3n) is 4.50. The van der Waals surface area contributed by atoms with Gasteiger partial charge in [0, 0.05) is 5.41 Å². The number of rotatable bonds is 1. The van der Waals surface area contributed by atoms with E-state index in [2.05, 4.69) is 31.2 Å². The van der Waals surface area contributed by atoms with E-state index < -0.39 is 5.60 Å². The highest BCUT2D eigenvalue weighted by Gasteiger charge is 2.52. The van der Waals surface area contributed by atoms with E-state index >= 15 is 0 Å². The Morgan fingerprint density at radius 1 is 1.25 bits per heavy atom. The van der Waals surface area contributed by atoms with E-state index in [1.165, 1.54) is 0 Å². The van der Waals surface area contributed by atoms with Crippen LogP contribution < -0.4 is 0 Å². The molecule has 1 fully saturated rings. The van der Waals surface area contributed by atoms with Gasteiger partial charge in [-0.25, -0.2) is 0 Å². The molecule has 0 heterocycles. The van der Waals surface area contributed by atoms with Crippen LogP contribution in [0.2, 0.25) is 0 Å². The summed E-state index contributed by atoms with van der Waals surface area (Å²) in [6, 6.07) is 10.1. The molecule has 2 aliphatic carbocycles. The molecule has 1 N–H and O–H groups in total. The molecule has 1 nitrogen and oxygen atoms in total. The van der Waals surface area contributed by atoms with Gasteiger partial charge in [0.05, 0.1) is 5.60 Å². The van der Waals surface area contributed by atoms with Crippen molar-refractivity contribution in [3.05, 3.63) is 48.0 Å². The van der Waals surface area contributed by atoms with E-state index in [-0.39, 0.29) is 5.41 Å². The summed E-state index contributed by atoms with van der Waals surface area (Å²) >= 11 is 0. The quantitative estimate of drug-likeness (QED) is 0.711. The summed E-state index contributed by atoms with van der Waals surface area (Å²) in [5.74, 6) is 0.689. The summed E-state index contributed by atoms with van der Waals surface area (Å²) in [4.78, 5) is 0. The molecule has 1 heteroatoms. The van der Waals surface area contributed by atoms with Crippen LogP contribution >= 0.6 is 0 Å².